The summed E-state index contributed by atoms with van der Waals surface area (Å²) < 4.78 is 10.8. The summed E-state index contributed by atoms with van der Waals surface area (Å²) in [6.45, 7) is 0. The number of benzene rings is 2. The van der Waals surface area contributed by atoms with Crippen LogP contribution in [-0.4, -0.2) is 25.2 Å². The molecule has 112 valence electrons. The van der Waals surface area contributed by atoms with Gasteiger partial charge in [0.15, 0.2) is 11.5 Å². The van der Waals surface area contributed by atoms with E-state index in [1.165, 1.54) is 14.2 Å². The van der Waals surface area contributed by atoms with E-state index in [0.717, 1.165) is 22.3 Å². The first-order valence-corrected chi connectivity index (χ1v) is 7.07. The van der Waals surface area contributed by atoms with E-state index in [-0.39, 0.29) is 23.4 Å². The molecule has 0 saturated carbocycles. The molecule has 0 saturated heterocycles. The highest BCUT2D eigenvalue weighted by molar-refractivity contribution is 6.07. The first-order valence-electron chi connectivity index (χ1n) is 7.07. The number of nitrogens with one attached hydrogen (secondary N) is 1. The summed E-state index contributed by atoms with van der Waals surface area (Å²) in [6, 6.07) is 7.84. The van der Waals surface area contributed by atoms with Gasteiger partial charge in [-0.3, -0.25) is 4.79 Å². The number of carbonyl (C=O) groups is 1. The Morgan fingerprint density at radius 2 is 1.86 bits per heavy atom. The average Bonchev–Trinajstić information content (AvgIpc) is 2.86. The molecule has 1 aliphatic heterocycles. The summed E-state index contributed by atoms with van der Waals surface area (Å²) in [5.74, 6) is 0.237. The van der Waals surface area contributed by atoms with Crippen molar-refractivity contribution in [1.29, 1.82) is 0 Å². The first kappa shape index (κ1) is 13.0. The molecule has 5 nitrogen and oxygen atoms in total. The van der Waals surface area contributed by atoms with E-state index in [1.807, 2.05) is 24.3 Å². The van der Waals surface area contributed by atoms with Crippen LogP contribution in [0.1, 0.15) is 27.5 Å². The van der Waals surface area contributed by atoms with Crippen molar-refractivity contribution in [2.45, 2.75) is 12.5 Å². The molecule has 5 heteroatoms. The molecule has 2 aromatic rings. The predicted molar refractivity (Wildman–Crippen MR) is 80.6 cm³/mol. The lowest BCUT2D eigenvalue weighted by atomic mass is 9.81. The fourth-order valence-electron chi connectivity index (χ4n) is 3.56. The van der Waals surface area contributed by atoms with Crippen molar-refractivity contribution in [3.05, 3.63) is 41.0 Å². The Morgan fingerprint density at radius 1 is 1.14 bits per heavy atom. The van der Waals surface area contributed by atoms with Crippen LogP contribution < -0.4 is 14.8 Å². The third-order valence-electron chi connectivity index (χ3n) is 4.42. The predicted octanol–water partition coefficient (Wildman–Crippen LogP) is 2.42. The van der Waals surface area contributed by atoms with E-state index in [0.29, 0.717) is 17.7 Å². The number of amides is 1. The molecule has 1 heterocycles. The monoisotopic (exact) mass is 297 g/mol. The number of hydrogen-bond donors (Lipinski definition) is 2. The zero-order valence-electron chi connectivity index (χ0n) is 12.3. The van der Waals surface area contributed by atoms with Gasteiger partial charge in [-0.15, -0.1) is 0 Å². The van der Waals surface area contributed by atoms with Crippen LogP contribution in [-0.2, 0) is 6.42 Å². The minimum Gasteiger partial charge on any atom is -0.504 e. The van der Waals surface area contributed by atoms with Gasteiger partial charge in [0.1, 0.15) is 0 Å². The van der Waals surface area contributed by atoms with Crippen molar-refractivity contribution in [3.63, 3.8) is 0 Å². The molecule has 1 amide bonds. The highest BCUT2D eigenvalue weighted by Gasteiger charge is 2.41. The van der Waals surface area contributed by atoms with Gasteiger partial charge in [0.2, 0.25) is 5.75 Å². The van der Waals surface area contributed by atoms with Gasteiger partial charge in [-0.25, -0.2) is 0 Å². The lowest BCUT2D eigenvalue weighted by Crippen LogP contribution is -2.22. The summed E-state index contributed by atoms with van der Waals surface area (Å²) in [5.41, 5.74) is 4.09. The molecule has 4 rings (SSSR count). The van der Waals surface area contributed by atoms with E-state index >= 15 is 0 Å². The van der Waals surface area contributed by atoms with Crippen molar-refractivity contribution in [1.82, 2.24) is 5.32 Å². The molecule has 2 N–H and O–H groups in total. The maximum Gasteiger partial charge on any atom is 0.256 e. The van der Waals surface area contributed by atoms with Gasteiger partial charge in [-0.2, -0.15) is 0 Å². The molecule has 0 unspecified atom stereocenters. The van der Waals surface area contributed by atoms with Gasteiger partial charge in [-0.05, 0) is 17.5 Å². The standard InChI is InChI=1S/C17H15NO4/c1-21-15-11-9-6-4-3-5-8(9)7-10-12(11)13(17(20)18-10)14(19)16(15)22-2/h3-6,10,19H,7H2,1-2H3,(H,18,20)/t10-/m0/s1. The number of methoxy groups -OCH3 is 2. The van der Waals surface area contributed by atoms with E-state index < -0.39 is 0 Å². The van der Waals surface area contributed by atoms with Crippen LogP contribution in [0.4, 0.5) is 0 Å². The van der Waals surface area contributed by atoms with Gasteiger partial charge >= 0.3 is 0 Å². The van der Waals surface area contributed by atoms with E-state index in [2.05, 4.69) is 5.32 Å². The topological polar surface area (TPSA) is 67.8 Å². The Hall–Kier alpha value is -2.69. The molecule has 2 aliphatic rings. The van der Waals surface area contributed by atoms with Gasteiger partial charge in [-0.1, -0.05) is 24.3 Å². The zero-order valence-corrected chi connectivity index (χ0v) is 12.3. The fraction of sp³-hybridized carbons (Fsp3) is 0.235. The van der Waals surface area contributed by atoms with Crippen molar-refractivity contribution < 1.29 is 19.4 Å². The van der Waals surface area contributed by atoms with Crippen LogP contribution >= 0.6 is 0 Å². The Balaban J connectivity index is 2.17. The van der Waals surface area contributed by atoms with Crippen LogP contribution in [0.2, 0.25) is 0 Å². The molecule has 0 spiro atoms. The highest BCUT2D eigenvalue weighted by Crippen LogP contribution is 2.55. The average molecular weight is 297 g/mol. The maximum absolute atomic E-state index is 12.3. The number of aromatic hydroxyl groups is 1. The molecule has 2 aromatic carbocycles. The molecule has 0 fully saturated rings. The maximum atomic E-state index is 12.3. The number of carbonyl (C=O) groups excluding carboxylic acids is 1. The van der Waals surface area contributed by atoms with Crippen LogP contribution in [0.3, 0.4) is 0 Å². The summed E-state index contributed by atoms with van der Waals surface area (Å²) >= 11 is 0. The molecular formula is C17H15NO4. The van der Waals surface area contributed by atoms with Crippen LogP contribution in [0.25, 0.3) is 11.1 Å². The van der Waals surface area contributed by atoms with Crippen molar-refractivity contribution in [2.24, 2.45) is 0 Å². The minimum atomic E-state index is -0.271. The SMILES string of the molecule is COc1c(O)c2c3c(c1OC)-c1ccccc1C[C@@H]3NC2=O. The molecule has 1 aliphatic carbocycles. The lowest BCUT2D eigenvalue weighted by Gasteiger charge is -2.27. The lowest BCUT2D eigenvalue weighted by molar-refractivity contribution is 0.0953. The Kier molecular flexibility index (Phi) is 2.60. The molecule has 0 aromatic heterocycles. The van der Waals surface area contributed by atoms with Gasteiger partial charge in [0.05, 0.1) is 25.8 Å². The largest absolute Gasteiger partial charge is 0.504 e. The number of phenols is 1. The summed E-state index contributed by atoms with van der Waals surface area (Å²) in [6.07, 6.45) is 0.705. The Labute approximate surface area is 127 Å². The highest BCUT2D eigenvalue weighted by atomic mass is 16.5. The molecule has 0 bridgehead atoms. The third kappa shape index (κ3) is 1.45. The first-order chi connectivity index (χ1) is 10.7. The normalized spacial score (nSPS) is 17.5. The summed E-state index contributed by atoms with van der Waals surface area (Å²) in [7, 11) is 2.99. The molecule has 22 heavy (non-hydrogen) atoms. The number of ether oxygens (including phenoxy) is 2. The second-order valence-corrected chi connectivity index (χ2v) is 5.47. The molecule has 0 radical (unpaired) electrons. The molecular weight excluding hydrogens is 282 g/mol. The van der Waals surface area contributed by atoms with Crippen molar-refractivity contribution >= 4 is 5.91 Å². The number of rotatable bonds is 2. The summed E-state index contributed by atoms with van der Waals surface area (Å²) in [4.78, 5) is 12.3. The quantitative estimate of drug-likeness (QED) is 0.893. The fourth-order valence-corrected chi connectivity index (χ4v) is 3.56. The summed E-state index contributed by atoms with van der Waals surface area (Å²) in [5, 5.41) is 13.4. The van der Waals surface area contributed by atoms with Crippen LogP contribution in [0.5, 0.6) is 17.2 Å². The Bertz CT molecular complexity index is 813. The third-order valence-corrected chi connectivity index (χ3v) is 4.42. The Morgan fingerprint density at radius 3 is 2.59 bits per heavy atom. The van der Waals surface area contributed by atoms with E-state index in [9.17, 15) is 9.90 Å². The van der Waals surface area contributed by atoms with E-state index in [1.54, 1.807) is 0 Å². The van der Waals surface area contributed by atoms with Crippen LogP contribution in [0, 0.1) is 0 Å². The second kappa shape index (κ2) is 4.40. The van der Waals surface area contributed by atoms with Crippen molar-refractivity contribution in [2.75, 3.05) is 14.2 Å². The second-order valence-electron chi connectivity index (χ2n) is 5.47. The van der Waals surface area contributed by atoms with Gasteiger partial charge in [0.25, 0.3) is 5.91 Å². The minimum absolute atomic E-state index is 0.141. The van der Waals surface area contributed by atoms with Gasteiger partial charge in [0, 0.05) is 11.1 Å². The van der Waals surface area contributed by atoms with Crippen molar-refractivity contribution in [3.8, 4) is 28.4 Å². The molecule has 1 atom stereocenters. The smallest absolute Gasteiger partial charge is 0.256 e. The van der Waals surface area contributed by atoms with E-state index in [4.69, 9.17) is 9.47 Å². The number of phenolic OH excluding ortho intramolecular Hbond substituents is 1. The number of fused-ring (bicyclic) bond motifs is 2. The number of hydrogen-bond acceptors (Lipinski definition) is 4. The van der Waals surface area contributed by atoms with Gasteiger partial charge < -0.3 is 19.9 Å². The zero-order chi connectivity index (χ0) is 15.4. The van der Waals surface area contributed by atoms with Crippen LogP contribution in [0.15, 0.2) is 24.3 Å².